The summed E-state index contributed by atoms with van der Waals surface area (Å²) in [5.41, 5.74) is 2.20. The van der Waals surface area contributed by atoms with E-state index in [4.69, 9.17) is 4.74 Å². The second-order valence-corrected chi connectivity index (χ2v) is 7.86. The van der Waals surface area contributed by atoms with Crippen molar-refractivity contribution in [3.63, 3.8) is 0 Å². The van der Waals surface area contributed by atoms with Gasteiger partial charge in [-0.25, -0.2) is 9.37 Å². The van der Waals surface area contributed by atoms with Crippen molar-refractivity contribution in [3.8, 4) is 16.9 Å². The molecule has 1 aliphatic rings. The molecule has 0 bridgehead atoms. The number of rotatable bonds is 9. The Morgan fingerprint density at radius 3 is 2.53 bits per heavy atom. The highest BCUT2D eigenvalue weighted by Crippen LogP contribution is 2.30. The number of hydrogen-bond acceptors (Lipinski definition) is 4. The van der Waals surface area contributed by atoms with Gasteiger partial charge in [0.1, 0.15) is 19.0 Å². The maximum Gasteiger partial charge on any atom is 0.249 e. The number of methoxy groups -OCH3 is 1. The van der Waals surface area contributed by atoms with Crippen molar-refractivity contribution in [2.45, 2.75) is 12.8 Å². The van der Waals surface area contributed by atoms with E-state index >= 15 is 0 Å². The number of benzene rings is 2. The van der Waals surface area contributed by atoms with Crippen molar-refractivity contribution in [1.82, 2.24) is 14.5 Å². The predicted molar refractivity (Wildman–Crippen MR) is 119 cm³/mol. The van der Waals surface area contributed by atoms with E-state index in [1.807, 2.05) is 30.3 Å². The van der Waals surface area contributed by atoms with Crippen molar-refractivity contribution in [1.29, 1.82) is 0 Å². The molecule has 1 N–H and O–H groups in total. The molecule has 32 heavy (non-hydrogen) atoms. The average Bonchev–Trinajstić information content (AvgIpc) is 3.52. The summed E-state index contributed by atoms with van der Waals surface area (Å²) in [6.45, 7) is 0.384. The van der Waals surface area contributed by atoms with Crippen LogP contribution in [0.25, 0.3) is 16.9 Å². The number of anilines is 1. The third kappa shape index (κ3) is 5.39. The van der Waals surface area contributed by atoms with E-state index in [2.05, 4.69) is 10.3 Å². The Hall–Kier alpha value is -3.52. The summed E-state index contributed by atoms with van der Waals surface area (Å²) in [5.74, 6) is -0.194. The lowest BCUT2D eigenvalue weighted by Gasteiger charge is -2.21. The SMILES string of the molecule is COCC(=O)N(CC(=O)Nc1nc(-c2ccccc2)cn1-c1ccc(F)cc1)CC1CC1. The largest absolute Gasteiger partial charge is 0.375 e. The zero-order valence-electron chi connectivity index (χ0n) is 17.8. The fourth-order valence-corrected chi connectivity index (χ4v) is 3.43. The summed E-state index contributed by atoms with van der Waals surface area (Å²) >= 11 is 0. The standard InChI is InChI=1S/C24H25FN4O3/c1-32-16-23(31)28(13-17-7-8-17)15-22(30)27-24-26-21(18-5-3-2-4-6-18)14-29(24)20-11-9-19(25)10-12-20/h2-6,9-12,14,17H,7-8,13,15-16H2,1H3,(H,26,27,30). The minimum atomic E-state index is -0.358. The number of amides is 2. The Balaban J connectivity index is 1.58. The number of halogens is 1. The minimum absolute atomic E-state index is 0.0671. The van der Waals surface area contributed by atoms with Gasteiger partial charge in [-0.3, -0.25) is 19.5 Å². The monoisotopic (exact) mass is 436 g/mol. The molecule has 0 spiro atoms. The van der Waals surface area contributed by atoms with Gasteiger partial charge in [-0.05, 0) is 43.0 Å². The average molecular weight is 436 g/mol. The second kappa shape index (κ2) is 9.74. The third-order valence-electron chi connectivity index (χ3n) is 5.26. The van der Waals surface area contributed by atoms with Crippen LogP contribution in [0.1, 0.15) is 12.8 Å². The Morgan fingerprint density at radius 2 is 1.88 bits per heavy atom. The zero-order chi connectivity index (χ0) is 22.5. The van der Waals surface area contributed by atoms with Crippen molar-refractivity contribution in [3.05, 3.63) is 66.6 Å². The van der Waals surface area contributed by atoms with Crippen LogP contribution in [0, 0.1) is 11.7 Å². The normalized spacial score (nSPS) is 13.1. The van der Waals surface area contributed by atoms with Gasteiger partial charge >= 0.3 is 0 Å². The van der Waals surface area contributed by atoms with Crippen LogP contribution in [0.4, 0.5) is 10.3 Å². The molecule has 1 saturated carbocycles. The molecule has 4 rings (SSSR count). The van der Waals surface area contributed by atoms with Gasteiger partial charge in [0.05, 0.1) is 5.69 Å². The summed E-state index contributed by atoms with van der Waals surface area (Å²) in [6.07, 6.45) is 3.91. The van der Waals surface area contributed by atoms with E-state index in [-0.39, 0.29) is 30.8 Å². The Labute approximate surface area is 185 Å². The molecule has 2 amide bonds. The molecular formula is C24H25FN4O3. The first-order chi connectivity index (χ1) is 15.5. The number of carbonyl (C=O) groups excluding carboxylic acids is 2. The molecule has 1 heterocycles. The molecule has 1 aromatic heterocycles. The lowest BCUT2D eigenvalue weighted by molar-refractivity contribution is -0.138. The fourth-order valence-electron chi connectivity index (χ4n) is 3.43. The van der Waals surface area contributed by atoms with Gasteiger partial charge in [-0.1, -0.05) is 30.3 Å². The lowest BCUT2D eigenvalue weighted by Crippen LogP contribution is -2.41. The van der Waals surface area contributed by atoms with Crippen LogP contribution in [0.5, 0.6) is 0 Å². The highest BCUT2D eigenvalue weighted by molar-refractivity contribution is 5.94. The van der Waals surface area contributed by atoms with Crippen LogP contribution >= 0.6 is 0 Å². The highest BCUT2D eigenvalue weighted by Gasteiger charge is 2.28. The number of ether oxygens (including phenoxy) is 1. The molecule has 0 atom stereocenters. The first-order valence-electron chi connectivity index (χ1n) is 10.5. The summed E-state index contributed by atoms with van der Waals surface area (Å²) in [5, 5.41) is 2.82. The van der Waals surface area contributed by atoms with Gasteiger partial charge in [-0.15, -0.1) is 0 Å². The molecule has 7 nitrogen and oxygen atoms in total. The van der Waals surface area contributed by atoms with Crippen LogP contribution in [0.3, 0.4) is 0 Å². The number of carbonyl (C=O) groups is 2. The number of aromatic nitrogens is 2. The molecule has 0 aliphatic heterocycles. The first kappa shape index (κ1) is 21.7. The van der Waals surface area contributed by atoms with Crippen LogP contribution in [0.2, 0.25) is 0 Å². The van der Waals surface area contributed by atoms with Crippen molar-refractivity contribution >= 4 is 17.8 Å². The molecule has 1 aliphatic carbocycles. The molecular weight excluding hydrogens is 411 g/mol. The van der Waals surface area contributed by atoms with Gasteiger partial charge in [-0.2, -0.15) is 0 Å². The molecule has 8 heteroatoms. The fraction of sp³-hybridized carbons (Fsp3) is 0.292. The van der Waals surface area contributed by atoms with Crippen molar-refractivity contribution in [2.75, 3.05) is 32.1 Å². The predicted octanol–water partition coefficient (Wildman–Crippen LogP) is 3.50. The summed E-state index contributed by atoms with van der Waals surface area (Å²) < 4.78 is 20.1. The maximum atomic E-state index is 13.4. The molecule has 2 aromatic carbocycles. The minimum Gasteiger partial charge on any atom is -0.375 e. The van der Waals surface area contributed by atoms with Crippen molar-refractivity contribution in [2.24, 2.45) is 5.92 Å². The van der Waals surface area contributed by atoms with E-state index in [0.717, 1.165) is 18.4 Å². The lowest BCUT2D eigenvalue weighted by atomic mass is 10.2. The van der Waals surface area contributed by atoms with Gasteiger partial charge in [0.2, 0.25) is 17.8 Å². The van der Waals surface area contributed by atoms with E-state index in [0.29, 0.717) is 29.8 Å². The number of imidazole rings is 1. The zero-order valence-corrected chi connectivity index (χ0v) is 17.8. The van der Waals surface area contributed by atoms with Crippen LogP contribution in [-0.4, -0.2) is 53.1 Å². The topological polar surface area (TPSA) is 76.5 Å². The Kier molecular flexibility index (Phi) is 6.61. The Bertz CT molecular complexity index is 1080. The van der Waals surface area contributed by atoms with Crippen LogP contribution in [0.15, 0.2) is 60.8 Å². The van der Waals surface area contributed by atoms with Gasteiger partial charge in [0, 0.05) is 31.1 Å². The molecule has 0 unspecified atom stereocenters. The Morgan fingerprint density at radius 1 is 1.16 bits per heavy atom. The molecule has 3 aromatic rings. The van der Waals surface area contributed by atoms with Crippen LogP contribution < -0.4 is 5.32 Å². The quantitative estimate of drug-likeness (QED) is 0.557. The third-order valence-corrected chi connectivity index (χ3v) is 5.26. The van der Waals surface area contributed by atoms with E-state index < -0.39 is 0 Å². The van der Waals surface area contributed by atoms with E-state index in [1.165, 1.54) is 24.1 Å². The van der Waals surface area contributed by atoms with E-state index in [9.17, 15) is 14.0 Å². The number of nitrogens with one attached hydrogen (secondary N) is 1. The number of nitrogens with zero attached hydrogens (tertiary/aromatic N) is 3. The summed E-state index contributed by atoms with van der Waals surface area (Å²) in [7, 11) is 1.46. The van der Waals surface area contributed by atoms with Crippen LogP contribution in [-0.2, 0) is 14.3 Å². The maximum absolute atomic E-state index is 13.4. The molecule has 166 valence electrons. The smallest absolute Gasteiger partial charge is 0.249 e. The molecule has 0 saturated heterocycles. The van der Waals surface area contributed by atoms with Crippen molar-refractivity contribution < 1.29 is 18.7 Å². The van der Waals surface area contributed by atoms with Gasteiger partial charge in [0.25, 0.3) is 0 Å². The second-order valence-electron chi connectivity index (χ2n) is 7.86. The highest BCUT2D eigenvalue weighted by atomic mass is 19.1. The summed E-state index contributed by atoms with van der Waals surface area (Å²) in [6, 6.07) is 15.5. The molecule has 0 radical (unpaired) electrons. The summed E-state index contributed by atoms with van der Waals surface area (Å²) in [4.78, 5) is 31.3. The number of hydrogen-bond donors (Lipinski definition) is 1. The van der Waals surface area contributed by atoms with Gasteiger partial charge < -0.3 is 9.64 Å². The van der Waals surface area contributed by atoms with E-state index in [1.54, 1.807) is 22.9 Å². The molecule has 1 fully saturated rings. The first-order valence-corrected chi connectivity index (χ1v) is 10.5. The van der Waals surface area contributed by atoms with Gasteiger partial charge in [0.15, 0.2) is 0 Å².